The summed E-state index contributed by atoms with van der Waals surface area (Å²) in [7, 11) is 11.6. The van der Waals surface area contributed by atoms with Gasteiger partial charge in [-0.3, -0.25) is 0 Å². The van der Waals surface area contributed by atoms with Crippen LogP contribution < -0.4 is 0 Å². The van der Waals surface area contributed by atoms with Crippen molar-refractivity contribution in [2.75, 3.05) is 0 Å². The number of allylic oxidation sites excluding steroid dienone is 4. The van der Waals surface area contributed by atoms with Crippen molar-refractivity contribution in [3.05, 3.63) is 24.3 Å². The smallest absolute Gasteiger partial charge is 0.0755 e. The van der Waals surface area contributed by atoms with E-state index in [0.29, 0.717) is 23.5 Å². The van der Waals surface area contributed by atoms with Gasteiger partial charge in [0.15, 0.2) is 0 Å². The van der Waals surface area contributed by atoms with Crippen molar-refractivity contribution >= 4 is 15.7 Å². The normalized spacial score (nSPS) is 42.6. The number of hydrogen-bond acceptors (Lipinski definition) is 0. The van der Waals surface area contributed by atoms with Gasteiger partial charge < -0.3 is 0 Å². The highest BCUT2D eigenvalue weighted by Crippen LogP contribution is 2.35. The molecule has 0 aromatic carbocycles. The molecular formula is C12H16B2. The van der Waals surface area contributed by atoms with Gasteiger partial charge in [-0.1, -0.05) is 48.8 Å². The maximum Gasteiger partial charge on any atom is 0.0755 e. The van der Waals surface area contributed by atoms with Crippen molar-refractivity contribution in [3.63, 3.8) is 0 Å². The van der Waals surface area contributed by atoms with Crippen molar-refractivity contribution in [1.29, 1.82) is 0 Å². The molecule has 4 atom stereocenters. The van der Waals surface area contributed by atoms with Gasteiger partial charge in [0, 0.05) is 0 Å². The van der Waals surface area contributed by atoms with E-state index < -0.39 is 0 Å². The SMILES string of the molecule is [B]C1C=CC([C@H]2C=C[C@@H]([B])CC2)CC1. The Bertz CT molecular complexity index is 219. The van der Waals surface area contributed by atoms with Crippen LogP contribution in [0.15, 0.2) is 24.3 Å². The van der Waals surface area contributed by atoms with Crippen LogP contribution in [0.25, 0.3) is 0 Å². The average molecular weight is 182 g/mol. The van der Waals surface area contributed by atoms with E-state index in [2.05, 4.69) is 24.3 Å². The van der Waals surface area contributed by atoms with E-state index >= 15 is 0 Å². The molecule has 0 heterocycles. The summed E-state index contributed by atoms with van der Waals surface area (Å²) in [6.45, 7) is 0. The minimum Gasteiger partial charge on any atom is -0.0938 e. The van der Waals surface area contributed by atoms with Crippen LogP contribution in [0.2, 0.25) is 11.6 Å². The fraction of sp³-hybridized carbons (Fsp3) is 0.667. The second-order valence-corrected chi connectivity index (χ2v) is 4.58. The van der Waals surface area contributed by atoms with E-state index in [1.165, 1.54) is 12.8 Å². The molecule has 2 aliphatic rings. The summed E-state index contributed by atoms with van der Waals surface area (Å²) in [4.78, 5) is 0. The standard InChI is InChI=1S/C12H16B2/c13-11-5-1-9(2-6-11)10-3-7-12(14)8-4-10/h1,3,5,7,9-12H,2,4,6,8H2/t9-,10?,11+,12?/m0/s1. The third-order valence-corrected chi connectivity index (χ3v) is 3.43. The molecule has 0 N–H and O–H groups in total. The molecule has 70 valence electrons. The third kappa shape index (κ3) is 2.34. The van der Waals surface area contributed by atoms with Crippen molar-refractivity contribution in [3.8, 4) is 0 Å². The monoisotopic (exact) mass is 182 g/mol. The molecule has 2 heteroatoms. The molecule has 14 heavy (non-hydrogen) atoms. The first-order chi connectivity index (χ1) is 6.75. The van der Waals surface area contributed by atoms with Gasteiger partial charge in [0.1, 0.15) is 0 Å². The first-order valence-electron chi connectivity index (χ1n) is 5.63. The Morgan fingerprint density at radius 3 is 1.36 bits per heavy atom. The molecule has 0 saturated carbocycles. The van der Waals surface area contributed by atoms with Crippen LogP contribution in [0, 0.1) is 11.8 Å². The molecule has 0 bridgehead atoms. The van der Waals surface area contributed by atoms with E-state index in [-0.39, 0.29) is 0 Å². The Morgan fingerprint density at radius 1 is 0.643 bits per heavy atom. The molecular weight excluding hydrogens is 166 g/mol. The van der Waals surface area contributed by atoms with Crippen LogP contribution in [-0.2, 0) is 0 Å². The lowest BCUT2D eigenvalue weighted by Gasteiger charge is -2.30. The van der Waals surface area contributed by atoms with E-state index in [0.717, 1.165) is 12.8 Å². The van der Waals surface area contributed by atoms with Crippen LogP contribution in [0.1, 0.15) is 25.7 Å². The number of rotatable bonds is 1. The molecule has 0 aromatic heterocycles. The molecule has 0 fully saturated rings. The molecule has 0 aliphatic heterocycles. The van der Waals surface area contributed by atoms with E-state index in [9.17, 15) is 0 Å². The van der Waals surface area contributed by atoms with Gasteiger partial charge in [0.25, 0.3) is 0 Å². The fourth-order valence-electron chi connectivity index (χ4n) is 2.44. The lowest BCUT2D eigenvalue weighted by Crippen LogP contribution is -2.17. The number of hydrogen-bond donors (Lipinski definition) is 0. The van der Waals surface area contributed by atoms with Gasteiger partial charge in [0.05, 0.1) is 15.7 Å². The highest BCUT2D eigenvalue weighted by molar-refractivity contribution is 6.13. The van der Waals surface area contributed by atoms with Crippen molar-refractivity contribution in [2.24, 2.45) is 11.8 Å². The zero-order valence-corrected chi connectivity index (χ0v) is 8.60. The first kappa shape index (κ1) is 10.1. The fourth-order valence-corrected chi connectivity index (χ4v) is 2.44. The minimum atomic E-state index is 0.293. The second-order valence-electron chi connectivity index (χ2n) is 4.58. The van der Waals surface area contributed by atoms with Crippen LogP contribution in [0.3, 0.4) is 0 Å². The summed E-state index contributed by atoms with van der Waals surface area (Å²) in [6, 6.07) is 0. The molecule has 0 aromatic rings. The molecule has 0 nitrogen and oxygen atoms in total. The molecule has 0 amide bonds. The molecule has 2 unspecified atom stereocenters. The quantitative estimate of drug-likeness (QED) is 0.431. The van der Waals surface area contributed by atoms with Crippen LogP contribution in [-0.4, -0.2) is 15.7 Å². The molecule has 4 radical (unpaired) electrons. The van der Waals surface area contributed by atoms with Crippen LogP contribution in [0.5, 0.6) is 0 Å². The van der Waals surface area contributed by atoms with E-state index in [1.54, 1.807) is 0 Å². The predicted octanol–water partition coefficient (Wildman–Crippen LogP) is 2.83. The average Bonchev–Trinajstić information content (AvgIpc) is 2.21. The topological polar surface area (TPSA) is 0 Å². The minimum absolute atomic E-state index is 0.293. The van der Waals surface area contributed by atoms with Gasteiger partial charge in [-0.15, -0.1) is 0 Å². The lowest BCUT2D eigenvalue weighted by atomic mass is 9.69. The Balaban J connectivity index is 1.96. The van der Waals surface area contributed by atoms with Gasteiger partial charge in [-0.25, -0.2) is 0 Å². The molecule has 0 spiro atoms. The van der Waals surface area contributed by atoms with Crippen LogP contribution >= 0.6 is 0 Å². The summed E-state index contributed by atoms with van der Waals surface area (Å²) in [5, 5.41) is 0. The Hall–Kier alpha value is -0.390. The molecule has 0 saturated heterocycles. The van der Waals surface area contributed by atoms with E-state index in [1.807, 2.05) is 0 Å². The summed E-state index contributed by atoms with van der Waals surface area (Å²) in [5.41, 5.74) is 0. The van der Waals surface area contributed by atoms with Gasteiger partial charge >= 0.3 is 0 Å². The Labute approximate surface area is 89.7 Å². The largest absolute Gasteiger partial charge is 0.0938 e. The zero-order valence-electron chi connectivity index (χ0n) is 8.60. The van der Waals surface area contributed by atoms with Gasteiger partial charge in [-0.05, 0) is 24.7 Å². The highest BCUT2D eigenvalue weighted by Gasteiger charge is 2.22. The second kappa shape index (κ2) is 4.42. The maximum absolute atomic E-state index is 5.82. The summed E-state index contributed by atoms with van der Waals surface area (Å²) in [6.07, 6.45) is 13.7. The lowest BCUT2D eigenvalue weighted by molar-refractivity contribution is 0.382. The Kier molecular flexibility index (Phi) is 3.20. The van der Waals surface area contributed by atoms with Crippen molar-refractivity contribution in [2.45, 2.75) is 37.3 Å². The summed E-state index contributed by atoms with van der Waals surface area (Å²) in [5.74, 6) is 2.00. The first-order valence-corrected chi connectivity index (χ1v) is 5.63. The molecule has 2 aliphatic carbocycles. The zero-order chi connectivity index (χ0) is 9.97. The molecule has 2 rings (SSSR count). The summed E-state index contributed by atoms with van der Waals surface area (Å²) >= 11 is 0. The van der Waals surface area contributed by atoms with E-state index in [4.69, 9.17) is 15.7 Å². The van der Waals surface area contributed by atoms with Gasteiger partial charge in [0.2, 0.25) is 0 Å². The third-order valence-electron chi connectivity index (χ3n) is 3.43. The summed E-state index contributed by atoms with van der Waals surface area (Å²) < 4.78 is 0. The predicted molar refractivity (Wildman–Crippen MR) is 62.7 cm³/mol. The Morgan fingerprint density at radius 2 is 1.07 bits per heavy atom. The van der Waals surface area contributed by atoms with Crippen LogP contribution in [0.4, 0.5) is 0 Å². The van der Waals surface area contributed by atoms with Gasteiger partial charge in [-0.2, -0.15) is 0 Å². The highest BCUT2D eigenvalue weighted by atomic mass is 14.3. The van der Waals surface area contributed by atoms with Crippen molar-refractivity contribution < 1.29 is 0 Å². The van der Waals surface area contributed by atoms with Crippen molar-refractivity contribution in [1.82, 2.24) is 0 Å². The maximum atomic E-state index is 5.82.